The molecule has 1 fully saturated rings. The van der Waals surface area contributed by atoms with Gasteiger partial charge < -0.3 is 26.0 Å². The fourth-order valence-electron chi connectivity index (χ4n) is 3.75. The zero-order chi connectivity index (χ0) is 25.8. The first-order valence-corrected chi connectivity index (χ1v) is 11.9. The van der Waals surface area contributed by atoms with Crippen molar-refractivity contribution >= 4 is 29.6 Å². The van der Waals surface area contributed by atoms with Crippen molar-refractivity contribution in [2.24, 2.45) is 17.8 Å². The van der Waals surface area contributed by atoms with Crippen molar-refractivity contribution in [3.8, 4) is 0 Å². The van der Waals surface area contributed by atoms with Crippen LogP contribution in [-0.4, -0.2) is 60.9 Å². The van der Waals surface area contributed by atoms with E-state index in [9.17, 15) is 24.0 Å². The lowest BCUT2D eigenvalue weighted by Gasteiger charge is -2.27. The standard InChI is InChI=1S/C24H40N4O6/c1-7-34-20(30)9-8-18(13-17-10-11-25-22(17)31)27-23(32)19(12-14(2)3)28-24(33)21(15(4)5)26-16(6)29/h8-9,14-15,17-19,21H,7,10-13H2,1-6H3,(H,25,31)(H,26,29)(H,27,32)(H,28,33)/t17-,18+,19-,21-/m0/s1. The van der Waals surface area contributed by atoms with Gasteiger partial charge in [0, 0.05) is 31.5 Å². The summed E-state index contributed by atoms with van der Waals surface area (Å²) in [6.45, 7) is 11.3. The van der Waals surface area contributed by atoms with Crippen LogP contribution in [0.1, 0.15) is 60.8 Å². The van der Waals surface area contributed by atoms with Crippen LogP contribution in [0.15, 0.2) is 12.2 Å². The third kappa shape index (κ3) is 10.4. The predicted octanol–water partition coefficient (Wildman–Crippen LogP) is 0.808. The molecule has 34 heavy (non-hydrogen) atoms. The zero-order valence-electron chi connectivity index (χ0n) is 21.1. The minimum Gasteiger partial charge on any atom is -0.463 e. The first-order valence-electron chi connectivity index (χ1n) is 11.9. The van der Waals surface area contributed by atoms with E-state index in [2.05, 4.69) is 21.3 Å². The van der Waals surface area contributed by atoms with Crippen LogP contribution in [0.3, 0.4) is 0 Å². The van der Waals surface area contributed by atoms with Gasteiger partial charge in [-0.2, -0.15) is 0 Å². The Kier molecular flexibility index (Phi) is 12.3. The molecule has 10 heteroatoms. The number of nitrogens with one attached hydrogen (secondary N) is 4. The predicted molar refractivity (Wildman–Crippen MR) is 127 cm³/mol. The smallest absolute Gasteiger partial charge is 0.330 e. The second-order valence-electron chi connectivity index (χ2n) is 9.35. The Balaban J connectivity index is 3.02. The molecule has 0 unspecified atom stereocenters. The Morgan fingerprint density at radius 3 is 2.26 bits per heavy atom. The van der Waals surface area contributed by atoms with Crippen molar-refractivity contribution < 1.29 is 28.7 Å². The van der Waals surface area contributed by atoms with E-state index in [0.717, 1.165) is 0 Å². The monoisotopic (exact) mass is 480 g/mol. The van der Waals surface area contributed by atoms with Gasteiger partial charge in [-0.3, -0.25) is 19.2 Å². The largest absolute Gasteiger partial charge is 0.463 e. The van der Waals surface area contributed by atoms with Crippen LogP contribution < -0.4 is 21.3 Å². The molecule has 0 aromatic rings. The van der Waals surface area contributed by atoms with Crippen LogP contribution in [0, 0.1) is 17.8 Å². The molecule has 1 saturated heterocycles. The molecule has 0 aromatic heterocycles. The van der Waals surface area contributed by atoms with E-state index < -0.39 is 35.9 Å². The summed E-state index contributed by atoms with van der Waals surface area (Å²) in [5, 5.41) is 11.0. The molecule has 0 radical (unpaired) electrons. The number of hydrogen-bond donors (Lipinski definition) is 4. The summed E-state index contributed by atoms with van der Waals surface area (Å²) in [7, 11) is 0. The molecule has 0 bridgehead atoms. The molecule has 192 valence electrons. The number of ether oxygens (including phenoxy) is 1. The second kappa shape index (κ2) is 14.4. The Bertz CT molecular complexity index is 765. The van der Waals surface area contributed by atoms with Gasteiger partial charge in [-0.25, -0.2) is 4.79 Å². The lowest BCUT2D eigenvalue weighted by molar-refractivity contribution is -0.137. The maximum Gasteiger partial charge on any atom is 0.330 e. The molecule has 0 aromatic carbocycles. The van der Waals surface area contributed by atoms with E-state index in [1.165, 1.54) is 19.1 Å². The summed E-state index contributed by atoms with van der Waals surface area (Å²) in [6, 6.07) is -2.23. The van der Waals surface area contributed by atoms with Crippen molar-refractivity contribution in [2.75, 3.05) is 13.2 Å². The van der Waals surface area contributed by atoms with Gasteiger partial charge in [-0.15, -0.1) is 0 Å². The summed E-state index contributed by atoms with van der Waals surface area (Å²) in [5.41, 5.74) is 0. The van der Waals surface area contributed by atoms with E-state index in [4.69, 9.17) is 4.74 Å². The van der Waals surface area contributed by atoms with Gasteiger partial charge in [0.2, 0.25) is 23.6 Å². The van der Waals surface area contributed by atoms with Crippen LogP contribution in [-0.2, 0) is 28.7 Å². The molecule has 0 saturated carbocycles. The molecule has 4 atom stereocenters. The molecule has 1 aliphatic heterocycles. The third-order valence-corrected chi connectivity index (χ3v) is 5.43. The van der Waals surface area contributed by atoms with Crippen molar-refractivity contribution in [3.63, 3.8) is 0 Å². The molecule has 4 N–H and O–H groups in total. The Labute approximate surface area is 202 Å². The molecule has 0 aliphatic carbocycles. The van der Waals surface area contributed by atoms with Gasteiger partial charge in [0.25, 0.3) is 0 Å². The highest BCUT2D eigenvalue weighted by Gasteiger charge is 2.31. The zero-order valence-corrected chi connectivity index (χ0v) is 21.1. The first-order chi connectivity index (χ1) is 15.9. The summed E-state index contributed by atoms with van der Waals surface area (Å²) in [5.74, 6) is -2.20. The van der Waals surface area contributed by atoms with Crippen molar-refractivity contribution in [3.05, 3.63) is 12.2 Å². The maximum atomic E-state index is 13.2. The molecule has 4 amide bonds. The van der Waals surface area contributed by atoms with Gasteiger partial charge >= 0.3 is 5.97 Å². The molecular weight excluding hydrogens is 440 g/mol. The lowest BCUT2D eigenvalue weighted by Crippen LogP contribution is -2.56. The topological polar surface area (TPSA) is 143 Å². The lowest BCUT2D eigenvalue weighted by atomic mass is 9.96. The maximum absolute atomic E-state index is 13.2. The molecular formula is C24H40N4O6. The molecule has 1 heterocycles. The van der Waals surface area contributed by atoms with Crippen LogP contribution in [0.5, 0.6) is 0 Å². The fourth-order valence-corrected chi connectivity index (χ4v) is 3.75. The minimum absolute atomic E-state index is 0.0918. The summed E-state index contributed by atoms with van der Waals surface area (Å²) >= 11 is 0. The minimum atomic E-state index is -0.849. The van der Waals surface area contributed by atoms with Crippen LogP contribution in [0.2, 0.25) is 0 Å². The Morgan fingerprint density at radius 1 is 1.09 bits per heavy atom. The molecule has 1 aliphatic rings. The number of carbonyl (C=O) groups excluding carboxylic acids is 5. The fraction of sp³-hybridized carbons (Fsp3) is 0.708. The van der Waals surface area contributed by atoms with E-state index >= 15 is 0 Å². The van der Waals surface area contributed by atoms with Gasteiger partial charge in [0.1, 0.15) is 12.1 Å². The van der Waals surface area contributed by atoms with Gasteiger partial charge in [-0.1, -0.05) is 33.8 Å². The van der Waals surface area contributed by atoms with E-state index in [-0.39, 0.29) is 36.2 Å². The SMILES string of the molecule is CCOC(=O)C=C[C@H](C[C@@H]1CCNC1=O)NC(=O)[C@H](CC(C)C)NC(=O)[C@@H](NC(C)=O)C(C)C. The highest BCUT2D eigenvalue weighted by Crippen LogP contribution is 2.17. The van der Waals surface area contributed by atoms with Crippen molar-refractivity contribution in [1.82, 2.24) is 21.3 Å². The third-order valence-electron chi connectivity index (χ3n) is 5.43. The first kappa shape index (κ1) is 29.1. The second-order valence-corrected chi connectivity index (χ2v) is 9.35. The molecule has 10 nitrogen and oxygen atoms in total. The number of amides is 4. The quantitative estimate of drug-likeness (QED) is 0.227. The van der Waals surface area contributed by atoms with Crippen molar-refractivity contribution in [1.29, 1.82) is 0 Å². The normalized spacial score (nSPS) is 18.4. The molecule has 0 spiro atoms. The summed E-state index contributed by atoms with van der Waals surface area (Å²) in [6.07, 6.45) is 4.08. The number of hydrogen-bond acceptors (Lipinski definition) is 6. The summed E-state index contributed by atoms with van der Waals surface area (Å²) < 4.78 is 4.91. The summed E-state index contributed by atoms with van der Waals surface area (Å²) in [4.78, 5) is 61.5. The van der Waals surface area contributed by atoms with Gasteiger partial charge in [0.15, 0.2) is 0 Å². The van der Waals surface area contributed by atoms with Crippen molar-refractivity contribution in [2.45, 2.75) is 78.9 Å². The van der Waals surface area contributed by atoms with Crippen LogP contribution >= 0.6 is 0 Å². The number of rotatable bonds is 13. The Morgan fingerprint density at radius 2 is 1.76 bits per heavy atom. The van der Waals surface area contributed by atoms with E-state index in [1.807, 2.05) is 13.8 Å². The average Bonchev–Trinajstić information content (AvgIpc) is 3.13. The highest BCUT2D eigenvalue weighted by molar-refractivity contribution is 5.92. The van der Waals surface area contributed by atoms with Gasteiger partial charge in [0.05, 0.1) is 6.61 Å². The number of carbonyl (C=O) groups is 5. The van der Waals surface area contributed by atoms with E-state index in [1.54, 1.807) is 20.8 Å². The molecule has 1 rings (SSSR count). The van der Waals surface area contributed by atoms with Crippen LogP contribution in [0.25, 0.3) is 0 Å². The van der Waals surface area contributed by atoms with Gasteiger partial charge in [-0.05, 0) is 38.0 Å². The average molecular weight is 481 g/mol. The van der Waals surface area contributed by atoms with Crippen LogP contribution in [0.4, 0.5) is 0 Å². The number of esters is 1. The van der Waals surface area contributed by atoms with E-state index in [0.29, 0.717) is 25.8 Å². The highest BCUT2D eigenvalue weighted by atomic mass is 16.5. The Hall–Kier alpha value is -2.91.